The first-order chi connectivity index (χ1) is 23.6. The second kappa shape index (κ2) is 21.2. The molecule has 11 nitrogen and oxygen atoms in total. The fourth-order valence-electron chi connectivity index (χ4n) is 5.63. The first-order valence-corrected chi connectivity index (χ1v) is 16.8. The lowest BCUT2D eigenvalue weighted by Gasteiger charge is -2.34. The zero-order valence-electron chi connectivity index (χ0n) is 30.1. The summed E-state index contributed by atoms with van der Waals surface area (Å²) in [7, 11) is 5.27. The number of aryl methyl sites for hydroxylation is 1. The number of carbonyl (C=O) groups excluding carboxylic acids is 3. The molecule has 2 amide bonds. The number of hydrogen-bond donors (Lipinski definition) is 2. The molecule has 0 spiro atoms. The third-order valence-electron chi connectivity index (χ3n) is 8.58. The normalized spacial score (nSPS) is 13.1. The molecule has 1 atom stereocenters. The highest BCUT2D eigenvalue weighted by Gasteiger charge is 2.22. The van der Waals surface area contributed by atoms with Crippen molar-refractivity contribution < 1.29 is 28.6 Å². The number of likely N-dealkylation sites (N-methyl/N-ethyl adjacent to an activating group) is 1. The maximum Gasteiger partial charge on any atom is 0.259 e. The van der Waals surface area contributed by atoms with Crippen molar-refractivity contribution in [1.82, 2.24) is 9.80 Å². The minimum absolute atomic E-state index is 0. The largest absolute Gasteiger partial charge is 0.495 e. The molecule has 1 saturated heterocycles. The number of nitrogens with zero attached hydrogens (tertiary/aromatic N) is 3. The Labute approximate surface area is 313 Å². The Morgan fingerprint density at radius 3 is 2.39 bits per heavy atom. The van der Waals surface area contributed by atoms with Crippen molar-refractivity contribution in [2.45, 2.75) is 45.6 Å². The number of allylic oxidation sites excluding steroid dienone is 1. The summed E-state index contributed by atoms with van der Waals surface area (Å²) < 4.78 is 17.7. The molecule has 0 bridgehead atoms. The number of piperazine rings is 1. The topological polar surface area (TPSA) is 127 Å². The number of unbranched alkanes of at least 4 members (excludes halogenated alkanes) is 1. The van der Waals surface area contributed by atoms with Crippen LogP contribution >= 0.6 is 24.8 Å². The molecule has 13 heteroatoms. The van der Waals surface area contributed by atoms with Gasteiger partial charge < -0.3 is 40.0 Å². The molecule has 0 saturated carbocycles. The first-order valence-electron chi connectivity index (χ1n) is 16.8. The number of amides is 2. The third-order valence-corrected chi connectivity index (χ3v) is 8.58. The lowest BCUT2D eigenvalue weighted by atomic mass is 10.1. The van der Waals surface area contributed by atoms with Crippen molar-refractivity contribution in [3.63, 3.8) is 0 Å². The Morgan fingerprint density at radius 1 is 0.980 bits per heavy atom. The monoisotopic (exact) mass is 743 g/mol. The van der Waals surface area contributed by atoms with Crippen molar-refractivity contribution in [3.8, 4) is 17.2 Å². The van der Waals surface area contributed by atoms with Gasteiger partial charge in [-0.3, -0.25) is 9.59 Å². The Morgan fingerprint density at radius 2 is 1.71 bits per heavy atom. The van der Waals surface area contributed by atoms with Crippen LogP contribution in [0.4, 0.5) is 11.4 Å². The second-order valence-corrected chi connectivity index (χ2v) is 12.4. The standard InChI is InChI=1S/C38H49N5O6.2ClH/c1-27-13-16-33(36(24-27)48-23-9-8-10-30(26-44)43-21-19-41(3)20-22-43)42(4)38(46)29-14-15-32(35(25-29)47-5)40-37(45)31-11-6-7-12-34(31)49-28(2)17-18-39;;/h6-7,11-16,24-25,28H,8-10,17-23,39H2,1-5H3,(H,40,45);2*1H. The molecule has 3 aromatic carbocycles. The van der Waals surface area contributed by atoms with Crippen LogP contribution in [0.1, 0.15) is 58.9 Å². The number of nitrogens with two attached hydrogens (primary N) is 1. The van der Waals surface area contributed by atoms with Crippen LogP contribution in [0.15, 0.2) is 66.4 Å². The highest BCUT2D eigenvalue weighted by molar-refractivity contribution is 6.09. The van der Waals surface area contributed by atoms with Crippen molar-refractivity contribution in [3.05, 3.63) is 83.1 Å². The van der Waals surface area contributed by atoms with Gasteiger partial charge in [-0.2, -0.15) is 0 Å². The van der Waals surface area contributed by atoms with Crippen LogP contribution in [0.2, 0.25) is 0 Å². The predicted molar refractivity (Wildman–Crippen MR) is 207 cm³/mol. The average molecular weight is 745 g/mol. The van der Waals surface area contributed by atoms with E-state index >= 15 is 0 Å². The van der Waals surface area contributed by atoms with E-state index in [-0.39, 0.29) is 42.7 Å². The first kappa shape index (κ1) is 42.9. The molecule has 1 heterocycles. The minimum Gasteiger partial charge on any atom is -0.495 e. The lowest BCUT2D eigenvalue weighted by Crippen LogP contribution is -2.44. The van der Waals surface area contributed by atoms with Crippen molar-refractivity contribution >= 4 is 53.9 Å². The molecule has 1 fully saturated rings. The Bertz CT molecular complexity index is 1640. The molecule has 278 valence electrons. The van der Waals surface area contributed by atoms with Gasteiger partial charge in [0.25, 0.3) is 11.8 Å². The van der Waals surface area contributed by atoms with Crippen LogP contribution in [0.3, 0.4) is 0 Å². The summed E-state index contributed by atoms with van der Waals surface area (Å²) in [6, 6.07) is 17.6. The van der Waals surface area contributed by atoms with Gasteiger partial charge in [0.15, 0.2) is 0 Å². The number of nitrogens with one attached hydrogen (secondary N) is 1. The number of hydrogen-bond acceptors (Lipinski definition) is 9. The van der Waals surface area contributed by atoms with Crippen LogP contribution in [-0.4, -0.2) is 94.2 Å². The average Bonchev–Trinajstić information content (AvgIpc) is 3.10. The van der Waals surface area contributed by atoms with E-state index in [4.69, 9.17) is 19.9 Å². The summed E-state index contributed by atoms with van der Waals surface area (Å²) >= 11 is 0. The molecule has 1 aliphatic rings. The highest BCUT2D eigenvalue weighted by Crippen LogP contribution is 2.32. The fraction of sp³-hybridized carbons (Fsp3) is 0.421. The number of para-hydroxylation sites is 1. The Hall–Kier alpha value is -4.25. The van der Waals surface area contributed by atoms with Crippen LogP contribution in [0, 0.1) is 6.92 Å². The van der Waals surface area contributed by atoms with Crippen LogP contribution < -0.4 is 30.2 Å². The van der Waals surface area contributed by atoms with E-state index in [2.05, 4.69) is 28.1 Å². The smallest absolute Gasteiger partial charge is 0.259 e. The molecule has 51 heavy (non-hydrogen) atoms. The maximum absolute atomic E-state index is 13.7. The quantitative estimate of drug-likeness (QED) is 0.134. The lowest BCUT2D eigenvalue weighted by molar-refractivity contribution is 0.0990. The van der Waals surface area contributed by atoms with E-state index in [1.807, 2.05) is 38.1 Å². The van der Waals surface area contributed by atoms with Gasteiger partial charge in [0, 0.05) is 38.8 Å². The molecule has 4 rings (SSSR count). The molecule has 0 radical (unpaired) electrons. The number of methoxy groups -OCH3 is 1. The zero-order chi connectivity index (χ0) is 35.3. The molecule has 1 aliphatic heterocycles. The minimum atomic E-state index is -0.371. The van der Waals surface area contributed by atoms with Gasteiger partial charge in [-0.15, -0.1) is 24.8 Å². The Balaban J connectivity index is 0.00000451. The van der Waals surface area contributed by atoms with E-state index in [1.54, 1.807) is 48.3 Å². The number of ether oxygens (including phenoxy) is 3. The summed E-state index contributed by atoms with van der Waals surface area (Å²) in [4.78, 5) is 44.6. The fourth-order valence-corrected chi connectivity index (χ4v) is 5.63. The molecule has 1 unspecified atom stereocenters. The summed E-state index contributed by atoms with van der Waals surface area (Å²) in [6.07, 6.45) is 2.70. The van der Waals surface area contributed by atoms with Gasteiger partial charge in [0.1, 0.15) is 23.2 Å². The number of anilines is 2. The van der Waals surface area contributed by atoms with E-state index in [9.17, 15) is 14.4 Å². The van der Waals surface area contributed by atoms with Crippen molar-refractivity contribution in [2.75, 3.05) is 70.8 Å². The summed E-state index contributed by atoms with van der Waals surface area (Å²) in [5, 5.41) is 2.89. The maximum atomic E-state index is 13.7. The number of benzene rings is 3. The molecule has 0 aliphatic carbocycles. The van der Waals surface area contributed by atoms with E-state index < -0.39 is 0 Å². The summed E-state index contributed by atoms with van der Waals surface area (Å²) in [6.45, 7) is 8.35. The van der Waals surface area contributed by atoms with Crippen LogP contribution in [0.5, 0.6) is 17.2 Å². The van der Waals surface area contributed by atoms with Gasteiger partial charge in [-0.25, -0.2) is 4.79 Å². The summed E-state index contributed by atoms with van der Waals surface area (Å²) in [5.41, 5.74) is 9.17. The van der Waals surface area contributed by atoms with Crippen LogP contribution in [0.25, 0.3) is 0 Å². The van der Waals surface area contributed by atoms with Crippen LogP contribution in [-0.2, 0) is 4.79 Å². The number of halogens is 2. The van der Waals surface area contributed by atoms with Gasteiger partial charge in [-0.05, 0) is 101 Å². The SMILES string of the molecule is COc1cc(C(=O)N(C)c2ccc(C)cc2OCCCCC(=C=O)N2CCN(C)CC2)ccc1NC(=O)c1ccccc1OC(C)CCN.Cl.Cl. The number of rotatable bonds is 16. The van der Waals surface area contributed by atoms with E-state index in [0.29, 0.717) is 65.7 Å². The third kappa shape index (κ3) is 11.9. The predicted octanol–water partition coefficient (Wildman–Crippen LogP) is 6.00. The molecular weight excluding hydrogens is 693 g/mol. The summed E-state index contributed by atoms with van der Waals surface area (Å²) in [5.74, 6) is 2.89. The molecule has 3 N–H and O–H groups in total. The molecule has 0 aromatic heterocycles. The van der Waals surface area contributed by atoms with Crippen molar-refractivity contribution in [1.29, 1.82) is 0 Å². The van der Waals surface area contributed by atoms with Gasteiger partial charge in [0.05, 0.1) is 42.5 Å². The highest BCUT2D eigenvalue weighted by atomic mass is 35.5. The molecular formula is C38H51Cl2N5O6. The van der Waals surface area contributed by atoms with Gasteiger partial charge >= 0.3 is 0 Å². The van der Waals surface area contributed by atoms with Gasteiger partial charge in [0.2, 0.25) is 0 Å². The Kier molecular flexibility index (Phi) is 17.8. The van der Waals surface area contributed by atoms with E-state index in [0.717, 1.165) is 50.3 Å². The number of carbonyl (C=O) groups is 2. The zero-order valence-corrected chi connectivity index (χ0v) is 31.7. The molecule has 3 aromatic rings. The second-order valence-electron chi connectivity index (χ2n) is 12.4. The van der Waals surface area contributed by atoms with Crippen molar-refractivity contribution in [2.24, 2.45) is 5.73 Å². The van der Waals surface area contributed by atoms with Gasteiger partial charge in [-0.1, -0.05) is 18.2 Å². The van der Waals surface area contributed by atoms with E-state index in [1.165, 1.54) is 7.11 Å².